The number of sulfone groups is 1. The average Bonchev–Trinajstić information content (AvgIpc) is 2.59. The summed E-state index contributed by atoms with van der Waals surface area (Å²) in [6, 6.07) is 13.2. The van der Waals surface area contributed by atoms with Crippen molar-refractivity contribution in [1.29, 1.82) is 0 Å². The minimum Gasteiger partial charge on any atom is -0.352 e. The molecule has 2 aromatic carbocycles. The van der Waals surface area contributed by atoms with Gasteiger partial charge in [0, 0.05) is 25.3 Å². The van der Waals surface area contributed by atoms with Gasteiger partial charge in [-0.05, 0) is 42.3 Å². The van der Waals surface area contributed by atoms with Crippen molar-refractivity contribution in [3.8, 4) is 0 Å². The summed E-state index contributed by atoms with van der Waals surface area (Å²) in [6.07, 6.45) is 1.16. The molecule has 0 heterocycles. The van der Waals surface area contributed by atoms with E-state index in [9.17, 15) is 18.0 Å². The molecule has 26 heavy (non-hydrogen) atoms. The predicted molar refractivity (Wildman–Crippen MR) is 99.4 cm³/mol. The number of amides is 2. The maximum absolute atomic E-state index is 12.4. The molecule has 0 aliphatic rings. The molecule has 0 spiro atoms. The van der Waals surface area contributed by atoms with E-state index < -0.39 is 9.84 Å². The van der Waals surface area contributed by atoms with Crippen LogP contribution in [-0.4, -0.2) is 26.5 Å². The topological polar surface area (TPSA) is 92.3 Å². The van der Waals surface area contributed by atoms with Gasteiger partial charge in [0.2, 0.25) is 5.91 Å². The molecule has 0 aromatic heterocycles. The van der Waals surface area contributed by atoms with Crippen LogP contribution in [0.25, 0.3) is 0 Å². The van der Waals surface area contributed by atoms with E-state index in [0.717, 1.165) is 17.4 Å². The quantitative estimate of drug-likeness (QED) is 0.811. The number of hydrogen-bond donors (Lipinski definition) is 2. The molecule has 0 saturated carbocycles. The Hall–Kier alpha value is -2.67. The minimum absolute atomic E-state index is 0.109. The second kappa shape index (κ2) is 8.14. The lowest BCUT2D eigenvalue weighted by atomic mass is 10.1. The Labute approximate surface area is 153 Å². The molecule has 0 aliphatic heterocycles. The van der Waals surface area contributed by atoms with Crippen molar-refractivity contribution in [3.05, 3.63) is 65.2 Å². The van der Waals surface area contributed by atoms with Crippen LogP contribution in [0.3, 0.4) is 0 Å². The molecule has 1 unspecified atom stereocenters. The van der Waals surface area contributed by atoms with E-state index in [0.29, 0.717) is 12.1 Å². The van der Waals surface area contributed by atoms with Crippen molar-refractivity contribution in [2.75, 3.05) is 6.26 Å². The number of carbonyl (C=O) groups is 2. The molecule has 0 bridgehead atoms. The fourth-order valence-electron chi connectivity index (χ4n) is 2.37. The summed E-state index contributed by atoms with van der Waals surface area (Å²) in [4.78, 5) is 23.5. The van der Waals surface area contributed by atoms with E-state index in [1.807, 2.05) is 6.92 Å². The van der Waals surface area contributed by atoms with E-state index in [-0.39, 0.29) is 22.8 Å². The van der Waals surface area contributed by atoms with Crippen LogP contribution in [-0.2, 0) is 21.2 Å². The lowest BCUT2D eigenvalue weighted by Gasteiger charge is -2.15. The maximum atomic E-state index is 12.4. The second-order valence-corrected chi connectivity index (χ2v) is 8.16. The Morgan fingerprint density at radius 3 is 2.08 bits per heavy atom. The summed E-state index contributed by atoms with van der Waals surface area (Å²) >= 11 is 0. The summed E-state index contributed by atoms with van der Waals surface area (Å²) < 4.78 is 23.0. The van der Waals surface area contributed by atoms with Gasteiger partial charge in [0.15, 0.2) is 9.84 Å². The molecule has 0 saturated heterocycles. The van der Waals surface area contributed by atoms with Crippen molar-refractivity contribution < 1.29 is 18.0 Å². The van der Waals surface area contributed by atoms with E-state index in [2.05, 4.69) is 10.6 Å². The summed E-state index contributed by atoms with van der Waals surface area (Å²) in [6.45, 7) is 3.70. The summed E-state index contributed by atoms with van der Waals surface area (Å²) in [5.41, 5.74) is 2.23. The highest BCUT2D eigenvalue weighted by molar-refractivity contribution is 7.90. The van der Waals surface area contributed by atoms with Gasteiger partial charge in [0.1, 0.15) is 0 Å². The van der Waals surface area contributed by atoms with Crippen LogP contribution in [0.2, 0.25) is 0 Å². The van der Waals surface area contributed by atoms with Gasteiger partial charge in [-0.25, -0.2) is 8.42 Å². The monoisotopic (exact) mass is 374 g/mol. The fourth-order valence-corrected chi connectivity index (χ4v) is 3.00. The molecule has 2 rings (SSSR count). The Balaban J connectivity index is 2.01. The second-order valence-electron chi connectivity index (χ2n) is 6.14. The van der Waals surface area contributed by atoms with Crippen LogP contribution in [0.1, 0.15) is 41.4 Å². The van der Waals surface area contributed by atoms with Crippen LogP contribution in [0, 0.1) is 0 Å². The van der Waals surface area contributed by atoms with E-state index >= 15 is 0 Å². The van der Waals surface area contributed by atoms with Gasteiger partial charge in [-0.2, -0.15) is 0 Å². The first kappa shape index (κ1) is 19.7. The van der Waals surface area contributed by atoms with Crippen molar-refractivity contribution in [2.45, 2.75) is 31.3 Å². The van der Waals surface area contributed by atoms with Crippen molar-refractivity contribution in [2.24, 2.45) is 0 Å². The molecule has 0 fully saturated rings. The van der Waals surface area contributed by atoms with Crippen molar-refractivity contribution >= 4 is 21.7 Å². The van der Waals surface area contributed by atoms with Gasteiger partial charge in [-0.1, -0.05) is 24.3 Å². The van der Waals surface area contributed by atoms with Crippen molar-refractivity contribution in [1.82, 2.24) is 10.6 Å². The first-order valence-electron chi connectivity index (χ1n) is 8.11. The highest BCUT2D eigenvalue weighted by Crippen LogP contribution is 2.17. The average molecular weight is 374 g/mol. The highest BCUT2D eigenvalue weighted by Gasteiger charge is 2.13. The standard InChI is InChI=1S/C19H22N2O4S/c1-13(16-8-10-18(11-9-16)26(3,24)25)21-19(23)17-6-4-15(5-7-17)12-20-14(2)22/h4-11,13H,12H2,1-3H3,(H,20,22)(H,21,23). The van der Waals surface area contributed by atoms with Gasteiger partial charge in [-0.3, -0.25) is 9.59 Å². The third-order valence-corrected chi connectivity index (χ3v) is 5.04. The highest BCUT2D eigenvalue weighted by atomic mass is 32.2. The van der Waals surface area contributed by atoms with Gasteiger partial charge >= 0.3 is 0 Å². The third kappa shape index (κ3) is 5.42. The number of carbonyl (C=O) groups excluding carboxylic acids is 2. The molecule has 6 nitrogen and oxygen atoms in total. The van der Waals surface area contributed by atoms with Crippen LogP contribution >= 0.6 is 0 Å². The zero-order valence-electron chi connectivity index (χ0n) is 14.9. The van der Waals surface area contributed by atoms with Crippen LogP contribution < -0.4 is 10.6 Å². The Morgan fingerprint density at radius 1 is 1.00 bits per heavy atom. The Morgan fingerprint density at radius 2 is 1.58 bits per heavy atom. The maximum Gasteiger partial charge on any atom is 0.251 e. The molecule has 2 N–H and O–H groups in total. The molecular formula is C19H22N2O4S. The molecule has 0 aliphatic carbocycles. The first-order chi connectivity index (χ1) is 12.2. The van der Waals surface area contributed by atoms with Crippen LogP contribution in [0.15, 0.2) is 53.4 Å². The fraction of sp³-hybridized carbons (Fsp3) is 0.263. The lowest BCUT2D eigenvalue weighted by Crippen LogP contribution is -2.26. The third-order valence-electron chi connectivity index (χ3n) is 3.91. The van der Waals surface area contributed by atoms with E-state index in [1.165, 1.54) is 19.1 Å². The number of hydrogen-bond acceptors (Lipinski definition) is 4. The largest absolute Gasteiger partial charge is 0.352 e. The molecular weight excluding hydrogens is 352 g/mol. The van der Waals surface area contributed by atoms with Crippen LogP contribution in [0.4, 0.5) is 0 Å². The normalized spacial score (nSPS) is 12.3. The predicted octanol–water partition coefficient (Wildman–Crippen LogP) is 2.22. The summed E-state index contributed by atoms with van der Waals surface area (Å²) in [7, 11) is -3.24. The van der Waals surface area contributed by atoms with Gasteiger partial charge < -0.3 is 10.6 Å². The van der Waals surface area contributed by atoms with Gasteiger partial charge in [-0.15, -0.1) is 0 Å². The zero-order chi connectivity index (χ0) is 19.3. The number of nitrogens with one attached hydrogen (secondary N) is 2. The molecule has 138 valence electrons. The number of rotatable bonds is 6. The smallest absolute Gasteiger partial charge is 0.251 e. The van der Waals surface area contributed by atoms with Crippen LogP contribution in [0.5, 0.6) is 0 Å². The van der Waals surface area contributed by atoms with Gasteiger partial charge in [0.05, 0.1) is 10.9 Å². The molecule has 7 heteroatoms. The van der Waals surface area contributed by atoms with Crippen molar-refractivity contribution in [3.63, 3.8) is 0 Å². The van der Waals surface area contributed by atoms with Gasteiger partial charge in [0.25, 0.3) is 5.91 Å². The van der Waals surface area contributed by atoms with E-state index in [4.69, 9.17) is 0 Å². The summed E-state index contributed by atoms with van der Waals surface area (Å²) in [5.74, 6) is -0.335. The molecule has 2 aromatic rings. The number of benzene rings is 2. The zero-order valence-corrected chi connectivity index (χ0v) is 15.8. The summed E-state index contributed by atoms with van der Waals surface area (Å²) in [5, 5.41) is 5.58. The Kier molecular flexibility index (Phi) is 6.15. The Bertz CT molecular complexity index is 888. The minimum atomic E-state index is -3.24. The first-order valence-corrected chi connectivity index (χ1v) is 10.00. The lowest BCUT2D eigenvalue weighted by molar-refractivity contribution is -0.119. The van der Waals surface area contributed by atoms with E-state index in [1.54, 1.807) is 36.4 Å². The SMILES string of the molecule is CC(=O)NCc1ccc(C(=O)NC(C)c2ccc(S(C)(=O)=O)cc2)cc1. The molecule has 0 radical (unpaired) electrons. The molecule has 1 atom stereocenters. The molecule has 2 amide bonds.